The first-order chi connectivity index (χ1) is 5.41. The van der Waals surface area contributed by atoms with Gasteiger partial charge in [0.15, 0.2) is 0 Å². The lowest BCUT2D eigenvalue weighted by molar-refractivity contribution is 0.0999. The summed E-state index contributed by atoms with van der Waals surface area (Å²) in [4.78, 5) is 10.7. The summed E-state index contributed by atoms with van der Waals surface area (Å²) in [5.74, 6) is -0.511. The molecule has 0 spiro atoms. The lowest BCUT2D eigenvalue weighted by atomic mass is 9.98. The Bertz CT molecular complexity index is 305. The molecule has 0 aromatic carbocycles. The predicted molar refractivity (Wildman–Crippen MR) is 54.4 cm³/mol. The van der Waals surface area contributed by atoms with Crippen molar-refractivity contribution < 1.29 is 4.79 Å². The van der Waals surface area contributed by atoms with E-state index in [-0.39, 0.29) is 22.8 Å². The van der Waals surface area contributed by atoms with Crippen molar-refractivity contribution in [2.24, 2.45) is 5.73 Å². The minimum Gasteiger partial charge on any atom is -0.363 e. The Balaban J connectivity index is 0.00000144. The molecule has 0 aliphatic carbocycles. The van der Waals surface area contributed by atoms with Gasteiger partial charge in [0.2, 0.25) is 5.01 Å². The molecule has 4 nitrogen and oxygen atoms in total. The third-order valence-corrected chi connectivity index (χ3v) is 2.64. The standard InChI is InChI=1S/C7H11N3OS.ClH/c1-7(2,3)6-10-9-5(12-6)4(8)11;/h1-3H3,(H2,8,11);1H. The fraction of sp³-hybridized carbons (Fsp3) is 0.571. The molecule has 2 N–H and O–H groups in total. The first-order valence-corrected chi connectivity index (χ1v) is 4.36. The number of primary amides is 1. The molecule has 0 saturated carbocycles. The van der Waals surface area contributed by atoms with Crippen molar-refractivity contribution in [3.05, 3.63) is 10.0 Å². The van der Waals surface area contributed by atoms with Crippen LogP contribution in [-0.2, 0) is 5.41 Å². The van der Waals surface area contributed by atoms with Gasteiger partial charge in [0, 0.05) is 5.41 Å². The first kappa shape index (κ1) is 12.3. The highest BCUT2D eigenvalue weighted by Gasteiger charge is 2.20. The molecule has 0 atom stereocenters. The van der Waals surface area contributed by atoms with Crippen LogP contribution >= 0.6 is 23.7 Å². The molecule has 0 aliphatic heterocycles. The van der Waals surface area contributed by atoms with Crippen LogP contribution < -0.4 is 5.73 Å². The second kappa shape index (κ2) is 4.02. The summed E-state index contributed by atoms with van der Waals surface area (Å²) in [7, 11) is 0. The summed E-state index contributed by atoms with van der Waals surface area (Å²) in [6.45, 7) is 6.04. The maximum absolute atomic E-state index is 10.7. The normalized spacial score (nSPS) is 10.7. The Labute approximate surface area is 87.0 Å². The summed E-state index contributed by atoms with van der Waals surface area (Å²) >= 11 is 1.25. The third kappa shape index (κ3) is 2.93. The molecule has 74 valence electrons. The fourth-order valence-corrected chi connectivity index (χ4v) is 1.38. The smallest absolute Gasteiger partial charge is 0.279 e. The van der Waals surface area contributed by atoms with E-state index in [9.17, 15) is 4.79 Å². The van der Waals surface area contributed by atoms with Crippen LogP contribution in [0.1, 0.15) is 35.6 Å². The summed E-state index contributed by atoms with van der Waals surface area (Å²) in [5.41, 5.74) is 4.98. The Kier molecular flexibility index (Phi) is 3.81. The molecular formula is C7H12ClN3OS. The summed E-state index contributed by atoms with van der Waals surface area (Å²) in [5, 5.41) is 8.66. The molecule has 1 aromatic heterocycles. The van der Waals surface area contributed by atoms with Gasteiger partial charge < -0.3 is 5.73 Å². The summed E-state index contributed by atoms with van der Waals surface area (Å²) in [6, 6.07) is 0. The Morgan fingerprint density at radius 1 is 1.38 bits per heavy atom. The molecule has 0 saturated heterocycles. The number of amides is 1. The van der Waals surface area contributed by atoms with Gasteiger partial charge in [0.1, 0.15) is 5.01 Å². The van der Waals surface area contributed by atoms with Gasteiger partial charge in [-0.15, -0.1) is 22.6 Å². The van der Waals surface area contributed by atoms with Crippen LogP contribution in [0.15, 0.2) is 0 Å². The molecule has 0 aliphatic rings. The van der Waals surface area contributed by atoms with Gasteiger partial charge in [-0.25, -0.2) is 0 Å². The molecule has 1 rings (SSSR count). The summed E-state index contributed by atoms with van der Waals surface area (Å²) in [6.07, 6.45) is 0. The average Bonchev–Trinajstić information content (AvgIpc) is 2.30. The molecule has 1 heterocycles. The number of carbonyl (C=O) groups is 1. The van der Waals surface area contributed by atoms with E-state index in [1.54, 1.807) is 0 Å². The molecule has 6 heteroatoms. The molecule has 1 amide bonds. The number of hydrogen-bond acceptors (Lipinski definition) is 4. The second-order valence-electron chi connectivity index (χ2n) is 3.53. The number of halogens is 1. The number of nitrogens with two attached hydrogens (primary N) is 1. The highest BCUT2D eigenvalue weighted by atomic mass is 35.5. The number of hydrogen-bond donors (Lipinski definition) is 1. The van der Waals surface area contributed by atoms with Crippen molar-refractivity contribution >= 4 is 29.7 Å². The SMILES string of the molecule is CC(C)(C)c1nnc(C(N)=O)s1.Cl. The van der Waals surface area contributed by atoms with Gasteiger partial charge in [0.25, 0.3) is 5.91 Å². The number of nitrogens with zero attached hydrogens (tertiary/aromatic N) is 2. The minimum absolute atomic E-state index is 0. The Morgan fingerprint density at radius 2 is 1.92 bits per heavy atom. The maximum atomic E-state index is 10.7. The van der Waals surface area contributed by atoms with Crippen LogP contribution in [0, 0.1) is 0 Å². The predicted octanol–water partition coefficient (Wildman–Crippen LogP) is 1.36. The van der Waals surface area contributed by atoms with Crippen LogP contribution in [0.3, 0.4) is 0 Å². The van der Waals surface area contributed by atoms with Crippen LogP contribution in [0.2, 0.25) is 0 Å². The van der Waals surface area contributed by atoms with E-state index >= 15 is 0 Å². The van der Waals surface area contributed by atoms with E-state index in [4.69, 9.17) is 5.73 Å². The van der Waals surface area contributed by atoms with Crippen LogP contribution in [0.5, 0.6) is 0 Å². The van der Waals surface area contributed by atoms with Crippen LogP contribution in [0.25, 0.3) is 0 Å². The van der Waals surface area contributed by atoms with E-state index < -0.39 is 5.91 Å². The summed E-state index contributed by atoms with van der Waals surface area (Å²) < 4.78 is 0. The van der Waals surface area contributed by atoms with Gasteiger partial charge in [0.05, 0.1) is 0 Å². The van der Waals surface area contributed by atoms with Gasteiger partial charge in [-0.05, 0) is 0 Å². The van der Waals surface area contributed by atoms with Crippen molar-refractivity contribution in [3.8, 4) is 0 Å². The van der Waals surface area contributed by atoms with E-state index in [2.05, 4.69) is 10.2 Å². The van der Waals surface area contributed by atoms with E-state index in [1.165, 1.54) is 11.3 Å². The monoisotopic (exact) mass is 221 g/mol. The fourth-order valence-electron chi connectivity index (χ4n) is 0.626. The van der Waals surface area contributed by atoms with Crippen molar-refractivity contribution in [3.63, 3.8) is 0 Å². The van der Waals surface area contributed by atoms with Gasteiger partial charge in [-0.3, -0.25) is 4.79 Å². The van der Waals surface area contributed by atoms with E-state index in [0.29, 0.717) is 0 Å². The molecule has 1 aromatic rings. The van der Waals surface area contributed by atoms with Gasteiger partial charge in [-0.1, -0.05) is 32.1 Å². The molecule has 0 fully saturated rings. The second-order valence-corrected chi connectivity index (χ2v) is 4.50. The van der Waals surface area contributed by atoms with Crippen molar-refractivity contribution in [2.75, 3.05) is 0 Å². The zero-order chi connectivity index (χ0) is 9.35. The molecule has 0 unspecified atom stereocenters. The lowest BCUT2D eigenvalue weighted by Gasteiger charge is -2.12. The van der Waals surface area contributed by atoms with Crippen LogP contribution in [-0.4, -0.2) is 16.1 Å². The minimum atomic E-state index is -0.511. The molecule has 13 heavy (non-hydrogen) atoms. The first-order valence-electron chi connectivity index (χ1n) is 3.55. The van der Waals surface area contributed by atoms with Crippen LogP contribution in [0.4, 0.5) is 0 Å². The van der Waals surface area contributed by atoms with E-state index in [0.717, 1.165) is 5.01 Å². The van der Waals surface area contributed by atoms with Gasteiger partial charge in [-0.2, -0.15) is 0 Å². The molecule has 0 bridgehead atoms. The molecule has 0 radical (unpaired) electrons. The Morgan fingerprint density at radius 3 is 2.15 bits per heavy atom. The Hall–Kier alpha value is -0.680. The van der Waals surface area contributed by atoms with Crippen molar-refractivity contribution in [1.82, 2.24) is 10.2 Å². The topological polar surface area (TPSA) is 68.9 Å². The average molecular weight is 222 g/mol. The maximum Gasteiger partial charge on any atom is 0.279 e. The third-order valence-electron chi connectivity index (χ3n) is 1.28. The largest absolute Gasteiger partial charge is 0.363 e. The zero-order valence-corrected chi connectivity index (χ0v) is 9.33. The number of rotatable bonds is 1. The highest BCUT2D eigenvalue weighted by Crippen LogP contribution is 2.24. The van der Waals surface area contributed by atoms with Gasteiger partial charge >= 0.3 is 0 Å². The lowest BCUT2D eigenvalue weighted by Crippen LogP contribution is -2.10. The quantitative estimate of drug-likeness (QED) is 0.779. The zero-order valence-electron chi connectivity index (χ0n) is 7.70. The molecular weight excluding hydrogens is 210 g/mol. The highest BCUT2D eigenvalue weighted by molar-refractivity contribution is 7.13. The number of aromatic nitrogens is 2. The van der Waals surface area contributed by atoms with E-state index in [1.807, 2.05) is 20.8 Å². The van der Waals surface area contributed by atoms with Crippen molar-refractivity contribution in [2.45, 2.75) is 26.2 Å². The number of carbonyl (C=O) groups excluding carboxylic acids is 1. The van der Waals surface area contributed by atoms with Crippen molar-refractivity contribution in [1.29, 1.82) is 0 Å².